The van der Waals surface area contributed by atoms with E-state index in [1.165, 1.54) is 10.9 Å². The highest BCUT2D eigenvalue weighted by atomic mass is 16.5. The number of anilines is 1. The highest BCUT2D eigenvalue weighted by Crippen LogP contribution is 2.26. The van der Waals surface area contributed by atoms with Crippen molar-refractivity contribution in [2.75, 3.05) is 18.9 Å². The number of benzene rings is 1. The predicted molar refractivity (Wildman–Crippen MR) is 56.2 cm³/mol. The standard InChI is InChI=1S/C11H12N2O/c12-9-2-1-8-3-4-13(11(8)5-9)10-6-14-7-10/h1-5,10H,6-7,12H2. The number of fused-ring (bicyclic) bond motifs is 1. The van der Waals surface area contributed by atoms with Gasteiger partial charge < -0.3 is 15.0 Å². The van der Waals surface area contributed by atoms with Crippen molar-refractivity contribution in [3.05, 3.63) is 30.5 Å². The molecular weight excluding hydrogens is 176 g/mol. The zero-order valence-electron chi connectivity index (χ0n) is 7.81. The Morgan fingerprint density at radius 3 is 2.86 bits per heavy atom. The number of nitrogens with zero attached hydrogens (tertiary/aromatic N) is 1. The smallest absolute Gasteiger partial charge is 0.0803 e. The molecule has 0 saturated carbocycles. The summed E-state index contributed by atoms with van der Waals surface area (Å²) in [6.45, 7) is 1.64. The summed E-state index contributed by atoms with van der Waals surface area (Å²) in [5, 5.41) is 1.24. The van der Waals surface area contributed by atoms with E-state index < -0.39 is 0 Å². The van der Waals surface area contributed by atoms with Gasteiger partial charge >= 0.3 is 0 Å². The van der Waals surface area contributed by atoms with Crippen molar-refractivity contribution in [2.24, 2.45) is 0 Å². The van der Waals surface area contributed by atoms with Gasteiger partial charge in [-0.2, -0.15) is 0 Å². The van der Waals surface area contributed by atoms with Gasteiger partial charge in [-0.15, -0.1) is 0 Å². The first-order valence-corrected chi connectivity index (χ1v) is 4.78. The van der Waals surface area contributed by atoms with Crippen LogP contribution in [0.15, 0.2) is 30.5 Å². The minimum atomic E-state index is 0.495. The molecule has 1 fully saturated rings. The van der Waals surface area contributed by atoms with Gasteiger partial charge in [-0.3, -0.25) is 0 Å². The molecule has 1 aliphatic rings. The molecule has 3 heteroatoms. The van der Waals surface area contributed by atoms with E-state index in [0.717, 1.165) is 18.9 Å². The number of nitrogens with two attached hydrogens (primary N) is 1. The van der Waals surface area contributed by atoms with E-state index in [9.17, 15) is 0 Å². The van der Waals surface area contributed by atoms with E-state index in [1.807, 2.05) is 12.1 Å². The zero-order valence-corrected chi connectivity index (χ0v) is 7.81. The summed E-state index contributed by atoms with van der Waals surface area (Å²) >= 11 is 0. The topological polar surface area (TPSA) is 40.2 Å². The fourth-order valence-electron chi connectivity index (χ4n) is 1.87. The van der Waals surface area contributed by atoms with Crippen LogP contribution in [0.5, 0.6) is 0 Å². The van der Waals surface area contributed by atoms with E-state index in [-0.39, 0.29) is 0 Å². The first-order valence-electron chi connectivity index (χ1n) is 4.78. The van der Waals surface area contributed by atoms with Crippen molar-refractivity contribution in [3.63, 3.8) is 0 Å². The van der Waals surface area contributed by atoms with Crippen LogP contribution in [0.2, 0.25) is 0 Å². The molecule has 2 N–H and O–H groups in total. The molecule has 1 aliphatic heterocycles. The van der Waals surface area contributed by atoms with E-state index in [1.54, 1.807) is 0 Å². The van der Waals surface area contributed by atoms with Crippen LogP contribution in [0.1, 0.15) is 6.04 Å². The number of hydrogen-bond acceptors (Lipinski definition) is 2. The maximum Gasteiger partial charge on any atom is 0.0803 e. The molecule has 0 amide bonds. The SMILES string of the molecule is Nc1ccc2ccn(C3COC3)c2c1. The number of nitrogen functional groups attached to an aromatic ring is 1. The minimum absolute atomic E-state index is 0.495. The van der Waals surface area contributed by atoms with Crippen LogP contribution >= 0.6 is 0 Å². The molecule has 0 unspecified atom stereocenters. The Labute approximate surface area is 82.1 Å². The van der Waals surface area contributed by atoms with Crippen LogP contribution in [-0.2, 0) is 4.74 Å². The third kappa shape index (κ3) is 1.02. The Kier molecular flexibility index (Phi) is 1.55. The van der Waals surface area contributed by atoms with Crippen LogP contribution in [0.25, 0.3) is 10.9 Å². The van der Waals surface area contributed by atoms with Crippen LogP contribution in [0, 0.1) is 0 Å². The van der Waals surface area contributed by atoms with Gasteiger partial charge in [-0.25, -0.2) is 0 Å². The molecule has 3 nitrogen and oxygen atoms in total. The Morgan fingerprint density at radius 1 is 1.29 bits per heavy atom. The van der Waals surface area contributed by atoms with Crippen LogP contribution in [0.4, 0.5) is 5.69 Å². The largest absolute Gasteiger partial charge is 0.399 e. The third-order valence-electron chi connectivity index (χ3n) is 2.76. The number of aromatic nitrogens is 1. The van der Waals surface area contributed by atoms with Gasteiger partial charge in [0.05, 0.1) is 24.8 Å². The summed E-state index contributed by atoms with van der Waals surface area (Å²) in [7, 11) is 0. The average molecular weight is 188 g/mol. The average Bonchev–Trinajstić information content (AvgIpc) is 2.46. The van der Waals surface area contributed by atoms with E-state index in [0.29, 0.717) is 6.04 Å². The summed E-state index contributed by atoms with van der Waals surface area (Å²) in [5.74, 6) is 0. The second-order valence-electron chi connectivity index (χ2n) is 3.73. The molecule has 1 saturated heterocycles. The molecule has 1 aromatic carbocycles. The molecule has 2 aromatic rings. The summed E-state index contributed by atoms with van der Waals surface area (Å²) in [4.78, 5) is 0. The first kappa shape index (κ1) is 7.88. The van der Waals surface area contributed by atoms with Crippen molar-refractivity contribution in [3.8, 4) is 0 Å². The van der Waals surface area contributed by atoms with Gasteiger partial charge in [-0.1, -0.05) is 6.07 Å². The molecule has 0 atom stereocenters. The van der Waals surface area contributed by atoms with Gasteiger partial charge in [0.1, 0.15) is 0 Å². The minimum Gasteiger partial charge on any atom is -0.399 e. The predicted octanol–water partition coefficient (Wildman–Crippen LogP) is 1.79. The van der Waals surface area contributed by atoms with Crippen molar-refractivity contribution in [1.29, 1.82) is 0 Å². The van der Waals surface area contributed by atoms with Gasteiger partial charge in [0.25, 0.3) is 0 Å². The lowest BCUT2D eigenvalue weighted by molar-refractivity contribution is -0.0213. The van der Waals surface area contributed by atoms with E-state index >= 15 is 0 Å². The lowest BCUT2D eigenvalue weighted by Crippen LogP contribution is -2.29. The van der Waals surface area contributed by atoms with Crippen LogP contribution in [-0.4, -0.2) is 17.8 Å². The lowest BCUT2D eigenvalue weighted by Gasteiger charge is -2.28. The summed E-state index contributed by atoms with van der Waals surface area (Å²) in [6, 6.07) is 8.63. The normalized spacial score (nSPS) is 17.1. The summed E-state index contributed by atoms with van der Waals surface area (Å²) in [6.07, 6.45) is 2.11. The molecule has 1 aromatic heterocycles. The van der Waals surface area contributed by atoms with Gasteiger partial charge in [0.15, 0.2) is 0 Å². The zero-order chi connectivity index (χ0) is 9.54. The summed E-state index contributed by atoms with van der Waals surface area (Å²) < 4.78 is 7.43. The molecule has 2 heterocycles. The maximum absolute atomic E-state index is 5.77. The first-order chi connectivity index (χ1) is 6.84. The van der Waals surface area contributed by atoms with Crippen molar-refractivity contribution in [1.82, 2.24) is 4.57 Å². The number of rotatable bonds is 1. The maximum atomic E-state index is 5.77. The van der Waals surface area contributed by atoms with E-state index in [2.05, 4.69) is 22.9 Å². The lowest BCUT2D eigenvalue weighted by atomic mass is 10.2. The van der Waals surface area contributed by atoms with Crippen LogP contribution in [0.3, 0.4) is 0 Å². The van der Waals surface area contributed by atoms with Crippen molar-refractivity contribution < 1.29 is 4.74 Å². The quantitative estimate of drug-likeness (QED) is 0.693. The van der Waals surface area contributed by atoms with Crippen LogP contribution < -0.4 is 5.73 Å². The highest BCUT2D eigenvalue weighted by Gasteiger charge is 2.21. The van der Waals surface area contributed by atoms with Crippen molar-refractivity contribution >= 4 is 16.6 Å². The fourth-order valence-corrected chi connectivity index (χ4v) is 1.87. The second kappa shape index (κ2) is 2.75. The summed E-state index contributed by atoms with van der Waals surface area (Å²) in [5.41, 5.74) is 7.79. The molecule has 0 spiro atoms. The molecule has 0 radical (unpaired) electrons. The monoisotopic (exact) mass is 188 g/mol. The Bertz CT molecular complexity index is 471. The fraction of sp³-hybridized carbons (Fsp3) is 0.273. The van der Waals surface area contributed by atoms with E-state index in [4.69, 9.17) is 10.5 Å². The van der Waals surface area contributed by atoms with Crippen molar-refractivity contribution in [2.45, 2.75) is 6.04 Å². The molecule has 14 heavy (non-hydrogen) atoms. The molecule has 0 bridgehead atoms. The Hall–Kier alpha value is -1.48. The second-order valence-corrected chi connectivity index (χ2v) is 3.73. The number of ether oxygens (including phenoxy) is 1. The van der Waals surface area contributed by atoms with Gasteiger partial charge in [-0.05, 0) is 23.6 Å². The Morgan fingerprint density at radius 2 is 2.14 bits per heavy atom. The Balaban J connectivity index is 2.18. The van der Waals surface area contributed by atoms with Gasteiger partial charge in [0, 0.05) is 11.9 Å². The molecule has 0 aliphatic carbocycles. The number of hydrogen-bond donors (Lipinski definition) is 1. The third-order valence-corrected chi connectivity index (χ3v) is 2.76. The van der Waals surface area contributed by atoms with Gasteiger partial charge in [0.2, 0.25) is 0 Å². The highest BCUT2D eigenvalue weighted by molar-refractivity contribution is 5.83. The molecule has 3 rings (SSSR count). The molecular formula is C11H12N2O. The molecule has 72 valence electrons.